The van der Waals surface area contributed by atoms with Crippen molar-refractivity contribution in [1.29, 1.82) is 0 Å². The first kappa shape index (κ1) is 13.4. The van der Waals surface area contributed by atoms with Crippen molar-refractivity contribution >= 4 is 15.7 Å². The van der Waals surface area contributed by atoms with Crippen molar-refractivity contribution in [2.24, 2.45) is 5.14 Å². The fourth-order valence-electron chi connectivity index (χ4n) is 1.65. The van der Waals surface area contributed by atoms with Crippen molar-refractivity contribution in [2.45, 2.75) is 11.8 Å². The van der Waals surface area contributed by atoms with Crippen molar-refractivity contribution < 1.29 is 13.2 Å². The smallest absolute Gasteiger partial charge is 0.240 e. The highest BCUT2D eigenvalue weighted by molar-refractivity contribution is 7.89. The van der Waals surface area contributed by atoms with Crippen molar-refractivity contribution in [1.82, 2.24) is 0 Å². The molecule has 0 spiro atoms. The Hall–Kier alpha value is -2.05. The molecule has 0 fully saturated rings. The number of nitrogens with two attached hydrogens (primary N) is 2. The van der Waals surface area contributed by atoms with Crippen LogP contribution in [0.15, 0.2) is 47.4 Å². The Kier molecular flexibility index (Phi) is 3.46. The Bertz CT molecular complexity index is 712. The minimum atomic E-state index is -3.81. The summed E-state index contributed by atoms with van der Waals surface area (Å²) in [6.45, 7) is 1.91. The van der Waals surface area contributed by atoms with Crippen LogP contribution in [0.2, 0.25) is 0 Å². The first-order chi connectivity index (χ1) is 8.88. The van der Waals surface area contributed by atoms with Crippen LogP contribution in [-0.4, -0.2) is 8.42 Å². The molecule has 0 unspecified atom stereocenters. The van der Waals surface area contributed by atoms with Crippen LogP contribution in [0.4, 0.5) is 5.69 Å². The maximum Gasteiger partial charge on any atom is 0.240 e. The molecule has 2 rings (SSSR count). The van der Waals surface area contributed by atoms with Crippen LogP contribution in [-0.2, 0) is 10.0 Å². The molecule has 0 amide bonds. The monoisotopic (exact) mass is 278 g/mol. The summed E-state index contributed by atoms with van der Waals surface area (Å²) in [6, 6.07) is 11.8. The van der Waals surface area contributed by atoms with E-state index in [2.05, 4.69) is 0 Å². The van der Waals surface area contributed by atoms with Gasteiger partial charge in [0.2, 0.25) is 10.0 Å². The number of hydrogen-bond acceptors (Lipinski definition) is 4. The predicted molar refractivity (Wildman–Crippen MR) is 73.5 cm³/mol. The van der Waals surface area contributed by atoms with E-state index in [4.69, 9.17) is 15.6 Å². The number of hydrogen-bond donors (Lipinski definition) is 2. The topological polar surface area (TPSA) is 95.4 Å². The molecule has 2 aromatic carbocycles. The Morgan fingerprint density at radius 1 is 1.11 bits per heavy atom. The number of aryl methyl sites for hydroxylation is 1. The Morgan fingerprint density at radius 3 is 2.37 bits per heavy atom. The quantitative estimate of drug-likeness (QED) is 0.839. The molecule has 2 aromatic rings. The second-order valence-corrected chi connectivity index (χ2v) is 5.64. The van der Waals surface area contributed by atoms with Gasteiger partial charge >= 0.3 is 0 Å². The fraction of sp³-hybridized carbons (Fsp3) is 0.0769. The molecule has 5 nitrogen and oxygen atoms in total. The summed E-state index contributed by atoms with van der Waals surface area (Å²) in [6.07, 6.45) is 0. The van der Waals surface area contributed by atoms with Crippen molar-refractivity contribution in [3.8, 4) is 11.5 Å². The van der Waals surface area contributed by atoms with Gasteiger partial charge in [0.15, 0.2) is 0 Å². The van der Waals surface area contributed by atoms with E-state index in [1.54, 1.807) is 0 Å². The van der Waals surface area contributed by atoms with Gasteiger partial charge in [0.25, 0.3) is 0 Å². The van der Waals surface area contributed by atoms with Gasteiger partial charge in [-0.15, -0.1) is 0 Å². The van der Waals surface area contributed by atoms with Crippen LogP contribution in [0.1, 0.15) is 5.56 Å². The number of para-hydroxylation sites is 1. The lowest BCUT2D eigenvalue weighted by molar-refractivity contribution is 0.479. The highest BCUT2D eigenvalue weighted by Gasteiger charge is 2.13. The Morgan fingerprint density at radius 2 is 1.79 bits per heavy atom. The first-order valence-electron chi connectivity index (χ1n) is 5.54. The molecule has 0 atom stereocenters. The number of anilines is 1. The molecule has 0 radical (unpaired) electrons. The van der Waals surface area contributed by atoms with Gasteiger partial charge < -0.3 is 10.5 Å². The molecule has 0 saturated carbocycles. The molecule has 19 heavy (non-hydrogen) atoms. The molecule has 0 aliphatic rings. The van der Waals surface area contributed by atoms with E-state index in [9.17, 15) is 8.42 Å². The zero-order valence-corrected chi connectivity index (χ0v) is 11.1. The van der Waals surface area contributed by atoms with Gasteiger partial charge in [-0.2, -0.15) is 0 Å². The lowest BCUT2D eigenvalue weighted by Crippen LogP contribution is -2.14. The largest absolute Gasteiger partial charge is 0.457 e. The van der Waals surface area contributed by atoms with Crippen molar-refractivity contribution in [3.05, 3.63) is 48.0 Å². The average molecular weight is 278 g/mol. The lowest BCUT2D eigenvalue weighted by atomic mass is 10.2. The van der Waals surface area contributed by atoms with Gasteiger partial charge in [0.1, 0.15) is 16.4 Å². The maximum absolute atomic E-state index is 11.2. The molecule has 0 heterocycles. The summed E-state index contributed by atoms with van der Waals surface area (Å²) in [5.74, 6) is 1.14. The third-order valence-corrected chi connectivity index (χ3v) is 3.59. The van der Waals surface area contributed by atoms with E-state index >= 15 is 0 Å². The van der Waals surface area contributed by atoms with E-state index in [-0.39, 0.29) is 10.6 Å². The third kappa shape index (κ3) is 3.04. The average Bonchev–Trinajstić information content (AvgIpc) is 2.30. The van der Waals surface area contributed by atoms with Crippen molar-refractivity contribution in [2.75, 3.05) is 5.73 Å². The molecular formula is C13H14N2O3S. The van der Waals surface area contributed by atoms with Crippen LogP contribution in [0.3, 0.4) is 0 Å². The highest BCUT2D eigenvalue weighted by atomic mass is 32.2. The molecule has 6 heteroatoms. The van der Waals surface area contributed by atoms with Gasteiger partial charge in [-0.3, -0.25) is 0 Å². The molecule has 0 bridgehead atoms. The molecule has 100 valence electrons. The van der Waals surface area contributed by atoms with E-state index in [1.807, 2.05) is 31.2 Å². The summed E-state index contributed by atoms with van der Waals surface area (Å²) in [5, 5.41) is 5.04. The molecule has 0 saturated heterocycles. The van der Waals surface area contributed by atoms with E-state index in [0.717, 1.165) is 5.56 Å². The van der Waals surface area contributed by atoms with Gasteiger partial charge in [0, 0.05) is 6.07 Å². The molecule has 0 aromatic heterocycles. The summed E-state index contributed by atoms with van der Waals surface area (Å²) >= 11 is 0. The SMILES string of the molecule is Cc1ccccc1Oc1ccc(S(N)(=O)=O)c(N)c1. The summed E-state index contributed by atoms with van der Waals surface area (Å²) in [5.41, 5.74) is 6.69. The number of ether oxygens (including phenoxy) is 1. The maximum atomic E-state index is 11.2. The van der Waals surface area contributed by atoms with Crippen LogP contribution >= 0.6 is 0 Å². The summed E-state index contributed by atoms with van der Waals surface area (Å²) in [7, 11) is -3.81. The molecule has 0 aliphatic heterocycles. The fourth-order valence-corrected chi connectivity index (χ4v) is 2.29. The van der Waals surface area contributed by atoms with Gasteiger partial charge in [-0.1, -0.05) is 18.2 Å². The number of nitrogen functional groups attached to an aromatic ring is 1. The second kappa shape index (κ2) is 4.91. The number of benzene rings is 2. The molecular weight excluding hydrogens is 264 g/mol. The summed E-state index contributed by atoms with van der Waals surface area (Å²) < 4.78 is 28.1. The Labute approximate surface area is 111 Å². The second-order valence-electron chi connectivity index (χ2n) is 4.11. The van der Waals surface area contributed by atoms with Crippen LogP contribution in [0, 0.1) is 6.92 Å². The number of primary sulfonamides is 1. The van der Waals surface area contributed by atoms with Crippen molar-refractivity contribution in [3.63, 3.8) is 0 Å². The minimum absolute atomic E-state index is 0.0635. The standard InChI is InChI=1S/C13H14N2O3S/c1-9-4-2-3-5-12(9)18-10-6-7-13(11(14)8-10)19(15,16)17/h2-8H,14H2,1H3,(H2,15,16,17). The van der Waals surface area contributed by atoms with Gasteiger partial charge in [-0.25, -0.2) is 13.6 Å². The predicted octanol–water partition coefficient (Wildman–Crippen LogP) is 2.02. The first-order valence-corrected chi connectivity index (χ1v) is 7.08. The molecule has 0 aliphatic carbocycles. The van der Waals surface area contributed by atoms with E-state index < -0.39 is 10.0 Å². The van der Waals surface area contributed by atoms with Gasteiger partial charge in [-0.05, 0) is 30.7 Å². The van der Waals surface area contributed by atoms with Crippen LogP contribution in [0.5, 0.6) is 11.5 Å². The molecule has 4 N–H and O–H groups in total. The summed E-state index contributed by atoms with van der Waals surface area (Å²) in [4.78, 5) is -0.107. The number of rotatable bonds is 3. The number of sulfonamides is 1. The zero-order chi connectivity index (χ0) is 14.0. The van der Waals surface area contributed by atoms with E-state index in [0.29, 0.717) is 11.5 Å². The van der Waals surface area contributed by atoms with Gasteiger partial charge in [0.05, 0.1) is 5.69 Å². The lowest BCUT2D eigenvalue weighted by Gasteiger charge is -2.10. The third-order valence-electron chi connectivity index (χ3n) is 2.61. The highest BCUT2D eigenvalue weighted by Crippen LogP contribution is 2.28. The minimum Gasteiger partial charge on any atom is -0.457 e. The normalized spacial score (nSPS) is 11.3. The van der Waals surface area contributed by atoms with Crippen LogP contribution < -0.4 is 15.6 Å². The van der Waals surface area contributed by atoms with E-state index in [1.165, 1.54) is 18.2 Å². The Balaban J connectivity index is 2.34. The zero-order valence-electron chi connectivity index (χ0n) is 10.3. The van der Waals surface area contributed by atoms with Crippen LogP contribution in [0.25, 0.3) is 0 Å².